The molecule has 0 heterocycles. The van der Waals surface area contributed by atoms with Gasteiger partial charge < -0.3 is 4.74 Å². The molecule has 0 aliphatic heterocycles. The Morgan fingerprint density at radius 3 is 2.05 bits per heavy atom. The number of allylic oxidation sites excluding steroid dienone is 7. The van der Waals surface area contributed by atoms with Gasteiger partial charge in [0, 0.05) is 6.08 Å². The van der Waals surface area contributed by atoms with Crippen molar-refractivity contribution < 1.29 is 9.53 Å². The van der Waals surface area contributed by atoms with Gasteiger partial charge in [0.25, 0.3) is 0 Å². The van der Waals surface area contributed by atoms with Crippen molar-refractivity contribution in [2.24, 2.45) is 0 Å². The number of rotatable bonds is 12. The van der Waals surface area contributed by atoms with Gasteiger partial charge in [-0.05, 0) is 12.8 Å². The predicted octanol–water partition coefficient (Wildman–Crippen LogP) is 5.52. The summed E-state index contributed by atoms with van der Waals surface area (Å²) in [5.41, 5.74) is 0. The minimum Gasteiger partial charge on any atom is -0.466 e. The van der Waals surface area contributed by atoms with E-state index >= 15 is 0 Å². The number of esters is 1. The molecule has 0 spiro atoms. The molecule has 118 valence electrons. The van der Waals surface area contributed by atoms with Crippen LogP contribution < -0.4 is 0 Å². The third-order valence-corrected chi connectivity index (χ3v) is 3.10. The number of carbonyl (C=O) groups is 1. The summed E-state index contributed by atoms with van der Waals surface area (Å²) in [5.74, 6) is -0.335. The molecule has 0 N–H and O–H groups in total. The first kappa shape index (κ1) is 19.4. The smallest absolute Gasteiger partial charge is 0.330 e. The molecule has 0 fully saturated rings. The lowest BCUT2D eigenvalue weighted by molar-refractivity contribution is -0.134. The highest BCUT2D eigenvalue weighted by molar-refractivity contribution is 5.82. The van der Waals surface area contributed by atoms with Gasteiger partial charge in [0.1, 0.15) is 0 Å². The Bertz CT molecular complexity index is 349. The topological polar surface area (TPSA) is 26.3 Å². The minimum atomic E-state index is -0.335. The summed E-state index contributed by atoms with van der Waals surface area (Å²) in [6, 6.07) is 0. The van der Waals surface area contributed by atoms with E-state index in [1.54, 1.807) is 12.2 Å². The maximum atomic E-state index is 10.8. The highest BCUT2D eigenvalue weighted by Gasteiger charge is 1.88. The lowest BCUT2D eigenvalue weighted by Gasteiger charge is -1.98. The molecule has 0 atom stereocenters. The van der Waals surface area contributed by atoms with E-state index in [2.05, 4.69) is 23.8 Å². The first-order chi connectivity index (χ1) is 10.3. The molecular weight excluding hydrogens is 260 g/mol. The van der Waals surface area contributed by atoms with Crippen LogP contribution in [0.2, 0.25) is 0 Å². The summed E-state index contributed by atoms with van der Waals surface area (Å²) in [5, 5.41) is 0. The van der Waals surface area contributed by atoms with Gasteiger partial charge in [-0.25, -0.2) is 4.79 Å². The molecular formula is C19H30O2. The monoisotopic (exact) mass is 290 g/mol. The Morgan fingerprint density at radius 2 is 1.38 bits per heavy atom. The molecule has 0 aromatic heterocycles. The van der Waals surface area contributed by atoms with Crippen LogP contribution in [0.25, 0.3) is 0 Å². The fraction of sp³-hybridized carbons (Fsp3) is 0.526. The van der Waals surface area contributed by atoms with Crippen LogP contribution in [0.15, 0.2) is 48.6 Å². The summed E-state index contributed by atoms with van der Waals surface area (Å²) >= 11 is 0. The highest BCUT2D eigenvalue weighted by atomic mass is 16.5. The van der Waals surface area contributed by atoms with Gasteiger partial charge in [0.2, 0.25) is 0 Å². The van der Waals surface area contributed by atoms with Gasteiger partial charge >= 0.3 is 5.97 Å². The van der Waals surface area contributed by atoms with Crippen molar-refractivity contribution in [3.8, 4) is 0 Å². The van der Waals surface area contributed by atoms with Gasteiger partial charge in [0.05, 0.1) is 7.11 Å². The zero-order valence-corrected chi connectivity index (χ0v) is 13.6. The number of carbonyl (C=O) groups excluding carboxylic acids is 1. The molecule has 0 unspecified atom stereocenters. The Balaban J connectivity index is 3.46. The van der Waals surface area contributed by atoms with Gasteiger partial charge in [-0.1, -0.05) is 88.0 Å². The van der Waals surface area contributed by atoms with Crippen LogP contribution in [0.4, 0.5) is 0 Å². The fourth-order valence-electron chi connectivity index (χ4n) is 1.85. The third kappa shape index (κ3) is 16.4. The van der Waals surface area contributed by atoms with Crippen molar-refractivity contribution in [2.45, 2.75) is 58.3 Å². The lowest BCUT2D eigenvalue weighted by atomic mass is 10.1. The van der Waals surface area contributed by atoms with Crippen molar-refractivity contribution in [3.05, 3.63) is 48.6 Å². The molecule has 0 bridgehead atoms. The van der Waals surface area contributed by atoms with Crippen LogP contribution in [0.3, 0.4) is 0 Å². The molecule has 21 heavy (non-hydrogen) atoms. The molecule has 0 saturated carbocycles. The van der Waals surface area contributed by atoms with Crippen LogP contribution in [-0.4, -0.2) is 13.1 Å². The number of ether oxygens (including phenoxy) is 1. The molecule has 0 radical (unpaired) electrons. The van der Waals surface area contributed by atoms with Crippen LogP contribution in [0.5, 0.6) is 0 Å². The Morgan fingerprint density at radius 1 is 0.810 bits per heavy atom. The van der Waals surface area contributed by atoms with E-state index < -0.39 is 0 Å². The first-order valence-corrected chi connectivity index (χ1v) is 8.05. The summed E-state index contributed by atoms with van der Waals surface area (Å²) < 4.78 is 4.48. The van der Waals surface area contributed by atoms with Crippen molar-refractivity contribution in [2.75, 3.05) is 7.11 Å². The highest BCUT2D eigenvalue weighted by Crippen LogP contribution is 2.08. The second-order valence-corrected chi connectivity index (χ2v) is 4.99. The molecule has 2 heteroatoms. The predicted molar refractivity (Wildman–Crippen MR) is 91.2 cm³/mol. The summed E-state index contributed by atoms with van der Waals surface area (Å²) in [4.78, 5) is 10.8. The molecule has 2 nitrogen and oxygen atoms in total. The average molecular weight is 290 g/mol. The van der Waals surface area contributed by atoms with E-state index in [-0.39, 0.29) is 5.97 Å². The first-order valence-electron chi connectivity index (χ1n) is 8.05. The third-order valence-electron chi connectivity index (χ3n) is 3.10. The summed E-state index contributed by atoms with van der Waals surface area (Å²) in [7, 11) is 1.37. The fourth-order valence-corrected chi connectivity index (χ4v) is 1.85. The van der Waals surface area contributed by atoms with Crippen molar-refractivity contribution in [3.63, 3.8) is 0 Å². The van der Waals surface area contributed by atoms with E-state index in [1.165, 1.54) is 58.1 Å². The average Bonchev–Trinajstić information content (AvgIpc) is 2.50. The maximum Gasteiger partial charge on any atom is 0.330 e. The Kier molecular flexibility index (Phi) is 15.3. The van der Waals surface area contributed by atoms with E-state index in [1.807, 2.05) is 18.2 Å². The quantitative estimate of drug-likeness (QED) is 0.204. The van der Waals surface area contributed by atoms with Gasteiger partial charge in [-0.15, -0.1) is 0 Å². The molecule has 0 saturated heterocycles. The SMILES string of the molecule is CCCCCCCCCC=CC=CC=CC=CC(=O)OC. The van der Waals surface area contributed by atoms with Crippen molar-refractivity contribution in [1.29, 1.82) is 0 Å². The minimum absolute atomic E-state index is 0.335. The second-order valence-electron chi connectivity index (χ2n) is 4.99. The molecule has 0 amide bonds. The second kappa shape index (κ2) is 16.5. The van der Waals surface area contributed by atoms with Crippen LogP contribution in [0.1, 0.15) is 58.3 Å². The molecule has 0 aromatic carbocycles. The molecule has 0 aliphatic carbocycles. The number of methoxy groups -OCH3 is 1. The molecule has 0 aliphatic rings. The molecule has 0 rings (SSSR count). The van der Waals surface area contributed by atoms with Gasteiger partial charge in [-0.3, -0.25) is 0 Å². The number of hydrogen-bond donors (Lipinski definition) is 0. The summed E-state index contributed by atoms with van der Waals surface area (Å²) in [6.07, 6.45) is 25.6. The number of hydrogen-bond acceptors (Lipinski definition) is 2. The van der Waals surface area contributed by atoms with Crippen molar-refractivity contribution in [1.82, 2.24) is 0 Å². The number of unbranched alkanes of at least 4 members (excludes halogenated alkanes) is 7. The van der Waals surface area contributed by atoms with E-state index in [0.29, 0.717) is 0 Å². The van der Waals surface area contributed by atoms with E-state index in [4.69, 9.17) is 0 Å². The van der Waals surface area contributed by atoms with Crippen molar-refractivity contribution >= 4 is 5.97 Å². The Labute approximate surface area is 130 Å². The maximum absolute atomic E-state index is 10.8. The normalized spacial score (nSPS) is 12.3. The summed E-state index contributed by atoms with van der Waals surface area (Å²) in [6.45, 7) is 2.25. The standard InChI is InChI=1S/C19H30O2/c1-3-4-5-6-7-8-9-10-11-12-13-14-15-16-17-18-19(20)21-2/h11-18H,3-10H2,1-2H3. The lowest BCUT2D eigenvalue weighted by Crippen LogP contribution is -1.92. The zero-order chi connectivity index (χ0) is 15.6. The Hall–Kier alpha value is -1.57. The van der Waals surface area contributed by atoms with E-state index in [9.17, 15) is 4.79 Å². The van der Waals surface area contributed by atoms with Gasteiger partial charge in [-0.2, -0.15) is 0 Å². The zero-order valence-electron chi connectivity index (χ0n) is 13.6. The van der Waals surface area contributed by atoms with Crippen LogP contribution in [0, 0.1) is 0 Å². The van der Waals surface area contributed by atoms with Crippen LogP contribution in [-0.2, 0) is 9.53 Å². The largest absolute Gasteiger partial charge is 0.466 e. The van der Waals surface area contributed by atoms with E-state index in [0.717, 1.165) is 6.42 Å². The van der Waals surface area contributed by atoms with Crippen LogP contribution >= 0.6 is 0 Å². The van der Waals surface area contributed by atoms with Gasteiger partial charge in [0.15, 0.2) is 0 Å². The molecule has 0 aromatic rings.